The molecule has 0 atom stereocenters. The number of pyridine rings is 1. The van der Waals surface area contributed by atoms with Crippen LogP contribution in [0.3, 0.4) is 0 Å². The van der Waals surface area contributed by atoms with Gasteiger partial charge < -0.3 is 14.6 Å². The molecule has 0 unspecified atom stereocenters. The summed E-state index contributed by atoms with van der Waals surface area (Å²) in [4.78, 5) is 30.4. The SMILES string of the molecule is O=C(c1c[nH]c2cc(Cl)ccc2c1=O)N1CCC2(CCOCC2)CC1. The lowest BCUT2D eigenvalue weighted by Gasteiger charge is -2.44. The lowest BCUT2D eigenvalue weighted by Crippen LogP contribution is -2.46. The van der Waals surface area contributed by atoms with E-state index in [0.29, 0.717) is 34.4 Å². The quantitative estimate of drug-likeness (QED) is 0.849. The van der Waals surface area contributed by atoms with Crippen LogP contribution in [-0.2, 0) is 4.74 Å². The van der Waals surface area contributed by atoms with Gasteiger partial charge in [0.2, 0.25) is 5.43 Å². The second-order valence-electron chi connectivity index (χ2n) is 7.13. The number of hydrogen-bond donors (Lipinski definition) is 1. The Labute approximate surface area is 150 Å². The number of rotatable bonds is 1. The summed E-state index contributed by atoms with van der Waals surface area (Å²) in [7, 11) is 0. The van der Waals surface area contributed by atoms with E-state index in [1.54, 1.807) is 18.2 Å². The lowest BCUT2D eigenvalue weighted by molar-refractivity contribution is -0.0175. The molecule has 3 heterocycles. The van der Waals surface area contributed by atoms with Crippen LogP contribution in [-0.4, -0.2) is 42.1 Å². The number of piperidine rings is 1. The third kappa shape index (κ3) is 3.07. The van der Waals surface area contributed by atoms with Gasteiger partial charge in [0, 0.05) is 42.9 Å². The Morgan fingerprint density at radius 3 is 2.60 bits per heavy atom. The zero-order valence-corrected chi connectivity index (χ0v) is 14.8. The number of likely N-dealkylation sites (tertiary alicyclic amines) is 1. The monoisotopic (exact) mass is 360 g/mol. The Morgan fingerprint density at radius 2 is 1.88 bits per heavy atom. The Balaban J connectivity index is 1.55. The van der Waals surface area contributed by atoms with Gasteiger partial charge in [0.05, 0.1) is 5.52 Å². The van der Waals surface area contributed by atoms with E-state index in [2.05, 4.69) is 4.98 Å². The van der Waals surface area contributed by atoms with Gasteiger partial charge in [-0.15, -0.1) is 0 Å². The molecular formula is C19H21ClN2O3. The summed E-state index contributed by atoms with van der Waals surface area (Å²) in [6.45, 7) is 3.05. The summed E-state index contributed by atoms with van der Waals surface area (Å²) < 4.78 is 5.47. The zero-order chi connectivity index (χ0) is 17.4. The van der Waals surface area contributed by atoms with Gasteiger partial charge in [-0.1, -0.05) is 11.6 Å². The number of aromatic nitrogens is 1. The van der Waals surface area contributed by atoms with Gasteiger partial charge in [0.15, 0.2) is 0 Å². The van der Waals surface area contributed by atoms with Crippen LogP contribution in [0.15, 0.2) is 29.2 Å². The zero-order valence-electron chi connectivity index (χ0n) is 14.0. The number of aromatic amines is 1. The normalized spacial score (nSPS) is 20.1. The van der Waals surface area contributed by atoms with E-state index in [9.17, 15) is 9.59 Å². The summed E-state index contributed by atoms with van der Waals surface area (Å²) in [6.07, 6.45) is 5.65. The molecule has 2 aliphatic heterocycles. The molecule has 0 saturated carbocycles. The molecule has 2 aromatic rings. The van der Waals surface area contributed by atoms with Crippen LogP contribution in [0.2, 0.25) is 5.02 Å². The number of nitrogens with zero attached hydrogens (tertiary/aromatic N) is 1. The highest BCUT2D eigenvalue weighted by atomic mass is 35.5. The number of H-pyrrole nitrogens is 1. The molecule has 4 rings (SSSR count). The number of nitrogens with one attached hydrogen (secondary N) is 1. The molecule has 0 bridgehead atoms. The first kappa shape index (κ1) is 16.6. The minimum Gasteiger partial charge on any atom is -0.381 e. The number of halogens is 1. The Morgan fingerprint density at radius 1 is 1.16 bits per heavy atom. The number of carbonyl (C=O) groups is 1. The second-order valence-corrected chi connectivity index (χ2v) is 7.56. The molecule has 5 nitrogen and oxygen atoms in total. The second kappa shape index (κ2) is 6.46. The molecule has 2 aliphatic rings. The van der Waals surface area contributed by atoms with Crippen molar-refractivity contribution in [3.63, 3.8) is 0 Å². The van der Waals surface area contributed by atoms with Crippen molar-refractivity contribution in [2.24, 2.45) is 5.41 Å². The Hall–Kier alpha value is -1.85. The Bertz CT molecular complexity index is 861. The van der Waals surface area contributed by atoms with Crippen LogP contribution in [0, 0.1) is 5.41 Å². The summed E-state index contributed by atoms with van der Waals surface area (Å²) in [6, 6.07) is 5.03. The van der Waals surface area contributed by atoms with Crippen molar-refractivity contribution in [3.05, 3.63) is 45.2 Å². The topological polar surface area (TPSA) is 62.4 Å². The van der Waals surface area contributed by atoms with Crippen LogP contribution in [0.25, 0.3) is 10.9 Å². The average molecular weight is 361 g/mol. The van der Waals surface area contributed by atoms with E-state index >= 15 is 0 Å². The molecule has 1 aromatic heterocycles. The smallest absolute Gasteiger partial charge is 0.259 e. The molecular weight excluding hydrogens is 340 g/mol. The number of hydrogen-bond acceptors (Lipinski definition) is 3. The third-order valence-electron chi connectivity index (χ3n) is 5.74. The first-order valence-electron chi connectivity index (χ1n) is 8.76. The predicted molar refractivity (Wildman–Crippen MR) is 97.2 cm³/mol. The largest absolute Gasteiger partial charge is 0.381 e. The first-order chi connectivity index (χ1) is 12.1. The average Bonchev–Trinajstić information content (AvgIpc) is 2.63. The van der Waals surface area contributed by atoms with Crippen molar-refractivity contribution < 1.29 is 9.53 Å². The highest BCUT2D eigenvalue weighted by molar-refractivity contribution is 6.31. The van der Waals surface area contributed by atoms with E-state index in [1.165, 1.54) is 6.20 Å². The highest BCUT2D eigenvalue weighted by Crippen LogP contribution is 2.40. The molecule has 25 heavy (non-hydrogen) atoms. The Kier molecular flexibility index (Phi) is 4.29. The minimum atomic E-state index is -0.234. The number of carbonyl (C=O) groups excluding carboxylic acids is 1. The highest BCUT2D eigenvalue weighted by Gasteiger charge is 2.37. The summed E-state index contributed by atoms with van der Waals surface area (Å²) in [5.74, 6) is -0.181. The number of ether oxygens (including phenoxy) is 1. The van der Waals surface area contributed by atoms with Gasteiger partial charge >= 0.3 is 0 Å². The number of amides is 1. The molecule has 0 aliphatic carbocycles. The van der Waals surface area contributed by atoms with Crippen LogP contribution in [0.5, 0.6) is 0 Å². The van der Waals surface area contributed by atoms with Crippen molar-refractivity contribution in [3.8, 4) is 0 Å². The molecule has 1 aromatic carbocycles. The van der Waals surface area contributed by atoms with Crippen LogP contribution >= 0.6 is 11.6 Å². The first-order valence-corrected chi connectivity index (χ1v) is 9.14. The molecule has 132 valence electrons. The maximum absolute atomic E-state index is 12.9. The summed E-state index contributed by atoms with van der Waals surface area (Å²) in [5, 5.41) is 1.05. The fourth-order valence-electron chi connectivity index (χ4n) is 4.01. The van der Waals surface area contributed by atoms with Gasteiger partial charge in [0.1, 0.15) is 5.56 Å². The van der Waals surface area contributed by atoms with Crippen molar-refractivity contribution in [2.45, 2.75) is 25.7 Å². The van der Waals surface area contributed by atoms with Gasteiger partial charge in [0.25, 0.3) is 5.91 Å². The fourth-order valence-corrected chi connectivity index (χ4v) is 4.18. The van der Waals surface area contributed by atoms with Crippen molar-refractivity contribution >= 4 is 28.4 Å². The lowest BCUT2D eigenvalue weighted by atomic mass is 9.72. The van der Waals surface area contributed by atoms with Gasteiger partial charge in [-0.3, -0.25) is 9.59 Å². The van der Waals surface area contributed by atoms with Gasteiger partial charge in [-0.25, -0.2) is 0 Å². The molecule has 1 N–H and O–H groups in total. The molecule has 1 amide bonds. The summed E-state index contributed by atoms with van der Waals surface area (Å²) >= 11 is 5.96. The standard InChI is InChI=1S/C19H21ClN2O3/c20-13-1-2-14-16(11-13)21-12-15(17(14)23)18(24)22-7-3-19(4-8-22)5-9-25-10-6-19/h1-2,11-12H,3-10H2,(H,21,23). The molecule has 0 radical (unpaired) electrons. The van der Waals surface area contributed by atoms with E-state index in [-0.39, 0.29) is 16.9 Å². The van der Waals surface area contributed by atoms with Crippen LogP contribution < -0.4 is 5.43 Å². The van der Waals surface area contributed by atoms with Gasteiger partial charge in [-0.2, -0.15) is 0 Å². The fraction of sp³-hybridized carbons (Fsp3) is 0.474. The van der Waals surface area contributed by atoms with E-state index < -0.39 is 0 Å². The minimum absolute atomic E-state index is 0.181. The molecule has 2 fully saturated rings. The van der Waals surface area contributed by atoms with Crippen LogP contribution in [0.4, 0.5) is 0 Å². The van der Waals surface area contributed by atoms with Crippen molar-refractivity contribution in [1.82, 2.24) is 9.88 Å². The molecule has 2 saturated heterocycles. The van der Waals surface area contributed by atoms with E-state index in [0.717, 1.165) is 38.9 Å². The number of benzene rings is 1. The van der Waals surface area contributed by atoms with Gasteiger partial charge in [-0.05, 0) is 49.3 Å². The third-order valence-corrected chi connectivity index (χ3v) is 5.97. The summed E-state index contributed by atoms with van der Waals surface area (Å²) in [5.41, 5.74) is 0.940. The van der Waals surface area contributed by atoms with Crippen molar-refractivity contribution in [1.29, 1.82) is 0 Å². The molecule has 6 heteroatoms. The van der Waals surface area contributed by atoms with Crippen LogP contribution in [0.1, 0.15) is 36.0 Å². The number of fused-ring (bicyclic) bond motifs is 1. The van der Waals surface area contributed by atoms with E-state index in [4.69, 9.17) is 16.3 Å². The van der Waals surface area contributed by atoms with E-state index in [1.807, 2.05) is 4.90 Å². The maximum Gasteiger partial charge on any atom is 0.259 e. The van der Waals surface area contributed by atoms with Crippen molar-refractivity contribution in [2.75, 3.05) is 26.3 Å². The maximum atomic E-state index is 12.9. The predicted octanol–water partition coefficient (Wildman–Crippen LogP) is 3.21. The molecule has 1 spiro atoms.